The van der Waals surface area contributed by atoms with E-state index in [0.717, 1.165) is 28.8 Å². The molecule has 0 atom stereocenters. The predicted molar refractivity (Wildman–Crippen MR) is 75.7 cm³/mol. The Labute approximate surface area is 115 Å². The Hall–Kier alpha value is -2.69. The van der Waals surface area contributed by atoms with Gasteiger partial charge in [0.1, 0.15) is 5.65 Å². The van der Waals surface area contributed by atoms with E-state index in [9.17, 15) is 0 Å². The summed E-state index contributed by atoms with van der Waals surface area (Å²) in [4.78, 5) is 8.90. The molecule has 4 aromatic rings. The number of hydrogen-bond acceptors (Lipinski definition) is 3. The van der Waals surface area contributed by atoms with Crippen LogP contribution in [0, 0.1) is 6.92 Å². The molecule has 5 nitrogen and oxygen atoms in total. The molecule has 0 saturated heterocycles. The van der Waals surface area contributed by atoms with Crippen LogP contribution in [0.5, 0.6) is 0 Å². The zero-order valence-electron chi connectivity index (χ0n) is 11.1. The van der Waals surface area contributed by atoms with Gasteiger partial charge in [0.2, 0.25) is 0 Å². The van der Waals surface area contributed by atoms with E-state index in [1.54, 1.807) is 0 Å². The van der Waals surface area contributed by atoms with Gasteiger partial charge in [-0.15, -0.1) is 0 Å². The Morgan fingerprint density at radius 2 is 2.05 bits per heavy atom. The highest BCUT2D eigenvalue weighted by molar-refractivity contribution is 5.51. The van der Waals surface area contributed by atoms with E-state index < -0.39 is 0 Å². The molecule has 0 amide bonds. The van der Waals surface area contributed by atoms with Crippen LogP contribution in [0.3, 0.4) is 0 Å². The van der Waals surface area contributed by atoms with Crippen LogP contribution in [0.4, 0.5) is 0 Å². The van der Waals surface area contributed by atoms with Crippen molar-refractivity contribution in [2.45, 2.75) is 13.3 Å². The lowest BCUT2D eigenvalue weighted by Gasteiger charge is -2.01. The lowest BCUT2D eigenvalue weighted by atomic mass is 10.1. The van der Waals surface area contributed by atoms with Gasteiger partial charge in [-0.3, -0.25) is 0 Å². The third-order valence-corrected chi connectivity index (χ3v) is 3.48. The molecule has 0 aliphatic carbocycles. The Balaban J connectivity index is 1.76. The summed E-state index contributed by atoms with van der Waals surface area (Å²) in [5.41, 5.74) is 5.31. The summed E-state index contributed by atoms with van der Waals surface area (Å²) in [6, 6.07) is 4.03. The molecule has 4 heterocycles. The molecule has 98 valence electrons. The van der Waals surface area contributed by atoms with Crippen LogP contribution in [-0.2, 0) is 6.42 Å². The minimum Gasteiger partial charge on any atom is -0.308 e. The lowest BCUT2D eigenvalue weighted by Crippen LogP contribution is -1.96. The first-order valence-corrected chi connectivity index (χ1v) is 6.51. The Bertz CT molecular complexity index is 903. The van der Waals surface area contributed by atoms with Crippen molar-refractivity contribution in [3.05, 3.63) is 66.0 Å². The molecular formula is C15H13N5. The molecule has 0 spiro atoms. The summed E-state index contributed by atoms with van der Waals surface area (Å²) in [6.45, 7) is 2.01. The van der Waals surface area contributed by atoms with Gasteiger partial charge < -0.3 is 4.40 Å². The van der Waals surface area contributed by atoms with Gasteiger partial charge in [0.25, 0.3) is 0 Å². The average Bonchev–Trinajstić information content (AvgIpc) is 3.04. The third kappa shape index (κ3) is 1.67. The highest BCUT2D eigenvalue weighted by atomic mass is 15.2. The minimum absolute atomic E-state index is 0.801. The largest absolute Gasteiger partial charge is 0.308 e. The highest BCUT2D eigenvalue weighted by Gasteiger charge is 2.07. The zero-order valence-corrected chi connectivity index (χ0v) is 11.1. The van der Waals surface area contributed by atoms with E-state index >= 15 is 0 Å². The van der Waals surface area contributed by atoms with Crippen molar-refractivity contribution in [3.63, 3.8) is 0 Å². The lowest BCUT2D eigenvalue weighted by molar-refractivity contribution is 0.916. The van der Waals surface area contributed by atoms with Crippen LogP contribution >= 0.6 is 0 Å². The van der Waals surface area contributed by atoms with Crippen molar-refractivity contribution in [2.75, 3.05) is 0 Å². The van der Waals surface area contributed by atoms with E-state index in [-0.39, 0.29) is 0 Å². The first kappa shape index (κ1) is 11.2. The van der Waals surface area contributed by atoms with Crippen molar-refractivity contribution >= 4 is 11.3 Å². The molecule has 0 aromatic carbocycles. The molecule has 0 bridgehead atoms. The van der Waals surface area contributed by atoms with Gasteiger partial charge >= 0.3 is 0 Å². The van der Waals surface area contributed by atoms with Gasteiger partial charge in [-0.25, -0.2) is 14.5 Å². The Morgan fingerprint density at radius 1 is 1.10 bits per heavy atom. The molecule has 4 aromatic heterocycles. The fourth-order valence-electron chi connectivity index (χ4n) is 2.48. The van der Waals surface area contributed by atoms with E-state index in [2.05, 4.69) is 21.1 Å². The third-order valence-electron chi connectivity index (χ3n) is 3.48. The van der Waals surface area contributed by atoms with Crippen LogP contribution in [0.2, 0.25) is 0 Å². The first-order chi connectivity index (χ1) is 9.81. The van der Waals surface area contributed by atoms with Gasteiger partial charge in [-0.2, -0.15) is 5.10 Å². The standard InChI is InChI=1S/C15H13N5/c1-11-8-18-20-10-12(9-17-14(11)20)7-13-3-6-19-5-2-4-16-15(13)19/h2-6,8-10H,7H2,1H3. The van der Waals surface area contributed by atoms with Crippen molar-refractivity contribution in [1.82, 2.24) is 24.0 Å². The second-order valence-corrected chi connectivity index (χ2v) is 4.93. The number of fused-ring (bicyclic) bond motifs is 2. The van der Waals surface area contributed by atoms with E-state index in [4.69, 9.17) is 0 Å². The molecule has 20 heavy (non-hydrogen) atoms. The summed E-state index contributed by atoms with van der Waals surface area (Å²) in [5, 5.41) is 4.30. The first-order valence-electron chi connectivity index (χ1n) is 6.51. The maximum Gasteiger partial charge on any atom is 0.157 e. The Morgan fingerprint density at radius 3 is 3.00 bits per heavy atom. The molecule has 0 saturated carbocycles. The van der Waals surface area contributed by atoms with Crippen LogP contribution < -0.4 is 0 Å². The number of rotatable bonds is 2. The topological polar surface area (TPSA) is 47.5 Å². The van der Waals surface area contributed by atoms with Crippen molar-refractivity contribution in [3.8, 4) is 0 Å². The summed E-state index contributed by atoms with van der Waals surface area (Å²) in [5.74, 6) is 0. The quantitative estimate of drug-likeness (QED) is 0.557. The summed E-state index contributed by atoms with van der Waals surface area (Å²) in [6.07, 6.45) is 12.4. The second-order valence-electron chi connectivity index (χ2n) is 4.93. The molecule has 0 unspecified atom stereocenters. The average molecular weight is 263 g/mol. The minimum atomic E-state index is 0.801. The van der Waals surface area contributed by atoms with Crippen LogP contribution in [0.1, 0.15) is 16.7 Å². The maximum atomic E-state index is 4.47. The van der Waals surface area contributed by atoms with Crippen molar-refractivity contribution in [2.24, 2.45) is 0 Å². The smallest absolute Gasteiger partial charge is 0.157 e. The number of aromatic nitrogens is 5. The molecule has 0 fully saturated rings. The number of nitrogens with zero attached hydrogens (tertiary/aromatic N) is 5. The molecular weight excluding hydrogens is 250 g/mol. The molecule has 0 aliphatic rings. The predicted octanol–water partition coefficient (Wildman–Crippen LogP) is 2.28. The van der Waals surface area contributed by atoms with Crippen molar-refractivity contribution in [1.29, 1.82) is 0 Å². The molecule has 4 rings (SSSR count). The van der Waals surface area contributed by atoms with E-state index in [1.807, 2.05) is 59.1 Å². The molecule has 5 heteroatoms. The number of hydrogen-bond donors (Lipinski definition) is 0. The van der Waals surface area contributed by atoms with E-state index in [0.29, 0.717) is 0 Å². The molecule has 0 aliphatic heterocycles. The highest BCUT2D eigenvalue weighted by Crippen LogP contribution is 2.15. The van der Waals surface area contributed by atoms with Crippen LogP contribution in [-0.4, -0.2) is 24.0 Å². The summed E-state index contributed by atoms with van der Waals surface area (Å²) < 4.78 is 3.86. The second kappa shape index (κ2) is 4.16. The van der Waals surface area contributed by atoms with Crippen molar-refractivity contribution < 1.29 is 0 Å². The van der Waals surface area contributed by atoms with Gasteiger partial charge in [-0.1, -0.05) is 0 Å². The van der Waals surface area contributed by atoms with Gasteiger partial charge in [0.05, 0.1) is 6.20 Å². The fourth-order valence-corrected chi connectivity index (χ4v) is 2.48. The summed E-state index contributed by atoms with van der Waals surface area (Å²) >= 11 is 0. The van der Waals surface area contributed by atoms with Crippen LogP contribution in [0.25, 0.3) is 11.3 Å². The normalized spacial score (nSPS) is 11.4. The van der Waals surface area contributed by atoms with Gasteiger partial charge in [0, 0.05) is 48.5 Å². The van der Waals surface area contributed by atoms with Gasteiger partial charge in [-0.05, 0) is 24.6 Å². The monoisotopic (exact) mass is 263 g/mol. The van der Waals surface area contributed by atoms with Gasteiger partial charge in [0.15, 0.2) is 5.65 Å². The maximum absolute atomic E-state index is 4.47. The Kier molecular flexibility index (Phi) is 2.32. The zero-order chi connectivity index (χ0) is 13.5. The molecule has 0 N–H and O–H groups in total. The SMILES string of the molecule is Cc1cnn2cc(Cc3ccn4cccnc34)cnc12. The number of aryl methyl sites for hydroxylation is 1. The molecule has 0 radical (unpaired) electrons. The summed E-state index contributed by atoms with van der Waals surface area (Å²) in [7, 11) is 0. The van der Waals surface area contributed by atoms with Crippen LogP contribution in [0.15, 0.2) is 49.3 Å². The fraction of sp³-hybridized carbons (Fsp3) is 0.133. The van der Waals surface area contributed by atoms with E-state index in [1.165, 1.54) is 5.56 Å².